The van der Waals surface area contributed by atoms with E-state index in [-0.39, 0.29) is 31.2 Å². The normalized spacial score (nSPS) is 18.5. The van der Waals surface area contributed by atoms with Crippen LogP contribution in [0.1, 0.15) is 258 Å². The van der Waals surface area contributed by atoms with Crippen molar-refractivity contribution in [2.24, 2.45) is 0 Å². The van der Waals surface area contributed by atoms with Gasteiger partial charge in [0, 0.05) is 25.8 Å². The summed E-state index contributed by atoms with van der Waals surface area (Å²) >= 11 is 0. The zero-order valence-electron chi connectivity index (χ0n) is 41.2. The van der Waals surface area contributed by atoms with Gasteiger partial charge in [0.1, 0.15) is 24.4 Å². The molecule has 1 fully saturated rings. The summed E-state index contributed by atoms with van der Waals surface area (Å²) in [7, 11) is 0. The van der Waals surface area contributed by atoms with Crippen molar-refractivity contribution in [3.63, 3.8) is 0 Å². The van der Waals surface area contributed by atoms with Crippen molar-refractivity contribution in [3.8, 4) is 0 Å². The average molecular weight is 910 g/mol. The monoisotopic (exact) mass is 910 g/mol. The van der Waals surface area contributed by atoms with E-state index in [1.807, 2.05) is 0 Å². The van der Waals surface area contributed by atoms with Crippen LogP contribution in [0.2, 0.25) is 0 Å². The van der Waals surface area contributed by atoms with Crippen LogP contribution >= 0.6 is 0 Å². The maximum absolute atomic E-state index is 14.0. The Morgan fingerprint density at radius 2 is 0.859 bits per heavy atom. The number of carboxylic acids is 1. The van der Waals surface area contributed by atoms with Crippen LogP contribution in [-0.2, 0) is 23.9 Å². The Labute approximate surface area is 390 Å². The first-order valence-corrected chi connectivity index (χ1v) is 26.9. The quantitative estimate of drug-likeness (QED) is 0.0324. The SMILES string of the molecule is CCCCCCCCCCCCCCCCCCN(C(=O)CCCCCCCCCCCCCCCCC)[C@@H]1O[C@H](CO)[C@@H](O)[C@H](O)[C@@H]1NC(=O)CNC(=O)CCCCCCC(=O)O. The lowest BCUT2D eigenvalue weighted by Crippen LogP contribution is -2.69. The minimum Gasteiger partial charge on any atom is -0.481 e. The van der Waals surface area contributed by atoms with E-state index in [1.165, 1.54) is 148 Å². The Balaban J connectivity index is 2.71. The number of aliphatic hydroxyl groups is 3. The summed E-state index contributed by atoms with van der Waals surface area (Å²) in [5.41, 5.74) is 0. The molecule has 3 amide bonds. The molecule has 1 aliphatic rings. The fourth-order valence-electron chi connectivity index (χ4n) is 8.96. The number of rotatable bonds is 45. The number of ether oxygens (including phenoxy) is 1. The predicted octanol–water partition coefficient (Wildman–Crippen LogP) is 10.8. The van der Waals surface area contributed by atoms with Crippen LogP contribution in [-0.4, -0.2) is 99.3 Å². The van der Waals surface area contributed by atoms with Crippen molar-refractivity contribution >= 4 is 23.7 Å². The van der Waals surface area contributed by atoms with Gasteiger partial charge in [0.2, 0.25) is 17.7 Å². The van der Waals surface area contributed by atoms with Crippen molar-refractivity contribution in [3.05, 3.63) is 0 Å². The number of hydrogen-bond donors (Lipinski definition) is 6. The summed E-state index contributed by atoms with van der Waals surface area (Å²) in [6, 6.07) is -1.18. The molecule has 1 aliphatic heterocycles. The molecule has 0 bridgehead atoms. The van der Waals surface area contributed by atoms with Crippen molar-refractivity contribution in [1.82, 2.24) is 15.5 Å². The van der Waals surface area contributed by atoms with Gasteiger partial charge in [-0.1, -0.05) is 213 Å². The van der Waals surface area contributed by atoms with Gasteiger partial charge in [-0.2, -0.15) is 0 Å². The van der Waals surface area contributed by atoms with Crippen LogP contribution in [0.5, 0.6) is 0 Å². The van der Waals surface area contributed by atoms with Gasteiger partial charge in [-0.05, 0) is 25.7 Å². The lowest BCUT2D eigenvalue weighted by molar-refractivity contribution is -0.231. The number of carboxylic acid groups (broad SMARTS) is 1. The summed E-state index contributed by atoms with van der Waals surface area (Å²) in [6.07, 6.45) is 35.9. The molecule has 0 radical (unpaired) electrons. The largest absolute Gasteiger partial charge is 0.481 e. The van der Waals surface area contributed by atoms with Gasteiger partial charge in [0.05, 0.1) is 13.2 Å². The van der Waals surface area contributed by atoms with Crippen LogP contribution in [0.3, 0.4) is 0 Å². The first kappa shape index (κ1) is 59.7. The van der Waals surface area contributed by atoms with Gasteiger partial charge >= 0.3 is 5.97 Å². The number of carbonyl (C=O) groups excluding carboxylic acids is 3. The molecule has 0 spiro atoms. The molecule has 0 aromatic heterocycles. The van der Waals surface area contributed by atoms with Gasteiger partial charge < -0.3 is 40.7 Å². The summed E-state index contributed by atoms with van der Waals surface area (Å²) in [4.78, 5) is 52.0. The number of amides is 3. The molecule has 1 saturated heterocycles. The maximum Gasteiger partial charge on any atom is 0.303 e. The molecule has 12 heteroatoms. The number of aliphatic carboxylic acids is 1. The molecule has 0 aromatic carbocycles. The van der Waals surface area contributed by atoms with Crippen LogP contribution in [0.25, 0.3) is 0 Å². The average Bonchev–Trinajstić information content (AvgIpc) is 3.28. The summed E-state index contributed by atoms with van der Waals surface area (Å²) in [5, 5.41) is 46.4. The molecule has 5 atom stereocenters. The zero-order valence-corrected chi connectivity index (χ0v) is 41.2. The molecule has 6 N–H and O–H groups in total. The lowest BCUT2D eigenvalue weighted by Gasteiger charge is -2.47. The van der Waals surface area contributed by atoms with E-state index in [0.717, 1.165) is 51.4 Å². The van der Waals surface area contributed by atoms with E-state index in [0.29, 0.717) is 38.6 Å². The smallest absolute Gasteiger partial charge is 0.303 e. The number of aliphatic hydroxyl groups excluding tert-OH is 3. The number of nitrogens with one attached hydrogen (secondary N) is 2. The predicted molar refractivity (Wildman–Crippen MR) is 259 cm³/mol. The van der Waals surface area contributed by atoms with Crippen LogP contribution in [0, 0.1) is 0 Å². The van der Waals surface area contributed by atoms with Gasteiger partial charge in [-0.3, -0.25) is 19.2 Å². The summed E-state index contributed by atoms with van der Waals surface area (Å²) in [5.74, 6) is -1.91. The summed E-state index contributed by atoms with van der Waals surface area (Å²) in [6.45, 7) is 3.95. The van der Waals surface area contributed by atoms with E-state index >= 15 is 0 Å². The lowest BCUT2D eigenvalue weighted by atomic mass is 9.94. The third-order valence-electron chi connectivity index (χ3n) is 13.1. The number of unbranched alkanes of at least 4 members (excludes halogenated alkanes) is 32. The van der Waals surface area contributed by atoms with E-state index in [2.05, 4.69) is 24.5 Å². The Bertz CT molecular complexity index is 1140. The first-order chi connectivity index (χ1) is 31.2. The fourth-order valence-corrected chi connectivity index (χ4v) is 8.96. The van der Waals surface area contributed by atoms with Crippen LogP contribution < -0.4 is 10.6 Å². The Morgan fingerprint density at radius 1 is 0.484 bits per heavy atom. The third kappa shape index (κ3) is 31.6. The molecule has 1 rings (SSSR count). The van der Waals surface area contributed by atoms with Gasteiger partial charge in [0.25, 0.3) is 0 Å². The van der Waals surface area contributed by atoms with E-state index in [1.54, 1.807) is 4.90 Å². The van der Waals surface area contributed by atoms with Crippen LogP contribution in [0.15, 0.2) is 0 Å². The molecule has 0 unspecified atom stereocenters. The number of nitrogens with zero attached hydrogens (tertiary/aromatic N) is 1. The van der Waals surface area contributed by atoms with E-state index in [9.17, 15) is 34.5 Å². The zero-order chi connectivity index (χ0) is 46.9. The topological polar surface area (TPSA) is 186 Å². The van der Waals surface area contributed by atoms with Crippen molar-refractivity contribution in [1.29, 1.82) is 0 Å². The molecule has 0 saturated carbocycles. The second-order valence-corrected chi connectivity index (χ2v) is 19.0. The number of carbonyl (C=O) groups is 4. The second-order valence-electron chi connectivity index (χ2n) is 19.0. The molecular weight excluding hydrogens is 811 g/mol. The van der Waals surface area contributed by atoms with Crippen molar-refractivity contribution in [2.45, 2.75) is 288 Å². The van der Waals surface area contributed by atoms with Gasteiger partial charge in [-0.15, -0.1) is 0 Å². The third-order valence-corrected chi connectivity index (χ3v) is 13.1. The molecule has 1 heterocycles. The molecule has 12 nitrogen and oxygen atoms in total. The Morgan fingerprint density at radius 3 is 1.27 bits per heavy atom. The van der Waals surface area contributed by atoms with Crippen LogP contribution in [0.4, 0.5) is 0 Å². The van der Waals surface area contributed by atoms with E-state index in [4.69, 9.17) is 9.84 Å². The number of hydrogen-bond acceptors (Lipinski definition) is 8. The molecular formula is C52H99N3O9. The first-order valence-electron chi connectivity index (χ1n) is 26.9. The standard InChI is InChI=1S/C52H99N3O9/c1-3-5-7-9-11-13-15-17-19-21-23-25-27-29-33-37-41-55(47(59)39-35-30-28-26-24-22-20-18-16-14-12-10-8-6-4-2)52-49(51(63)50(62)44(43-56)64-52)54-46(58)42-53-45(57)38-34-31-32-36-40-48(60)61/h44,49-52,56,62-63H,3-43H2,1-2H3,(H,53,57)(H,54,58)(H,60,61)/t44-,49+,50-,51-,52-/m1/s1. The molecule has 376 valence electrons. The van der Waals surface area contributed by atoms with Crippen molar-refractivity contribution in [2.75, 3.05) is 19.7 Å². The Kier molecular flexibility index (Phi) is 39.3. The molecule has 64 heavy (non-hydrogen) atoms. The highest BCUT2D eigenvalue weighted by atomic mass is 16.5. The molecule has 0 aromatic rings. The van der Waals surface area contributed by atoms with Gasteiger partial charge in [-0.25, -0.2) is 0 Å². The summed E-state index contributed by atoms with van der Waals surface area (Å²) < 4.78 is 6.16. The molecule has 0 aliphatic carbocycles. The van der Waals surface area contributed by atoms with E-state index < -0.39 is 49.1 Å². The minimum absolute atomic E-state index is 0.0971. The van der Waals surface area contributed by atoms with Gasteiger partial charge in [0.15, 0.2) is 6.23 Å². The minimum atomic E-state index is -1.52. The Hall–Kier alpha value is -2.28. The highest BCUT2D eigenvalue weighted by Gasteiger charge is 2.48. The highest BCUT2D eigenvalue weighted by molar-refractivity contribution is 5.85. The second kappa shape index (κ2) is 42.1. The van der Waals surface area contributed by atoms with Crippen molar-refractivity contribution < 1.29 is 44.3 Å². The maximum atomic E-state index is 14.0. The fraction of sp³-hybridized carbons (Fsp3) is 0.923. The highest BCUT2D eigenvalue weighted by Crippen LogP contribution is 2.26.